The molecule has 2 aromatic heterocycles. The van der Waals surface area contributed by atoms with Crippen molar-refractivity contribution < 1.29 is 9.18 Å². The lowest BCUT2D eigenvalue weighted by molar-refractivity contribution is 0.0962. The quantitative estimate of drug-likeness (QED) is 0.434. The van der Waals surface area contributed by atoms with Crippen molar-refractivity contribution in [1.82, 2.24) is 14.6 Å². The van der Waals surface area contributed by atoms with Crippen molar-refractivity contribution in [3.8, 4) is 11.1 Å². The average molecular weight is 436 g/mol. The summed E-state index contributed by atoms with van der Waals surface area (Å²) in [6.45, 7) is 0. The van der Waals surface area contributed by atoms with Crippen LogP contribution in [0, 0.1) is 5.82 Å². The van der Waals surface area contributed by atoms with Gasteiger partial charge in [0, 0.05) is 22.7 Å². The van der Waals surface area contributed by atoms with E-state index < -0.39 is 0 Å². The first-order valence-corrected chi connectivity index (χ1v) is 9.79. The van der Waals surface area contributed by atoms with Crippen LogP contribution in [0.2, 0.25) is 0 Å². The van der Waals surface area contributed by atoms with Gasteiger partial charge in [0.25, 0.3) is 0 Å². The van der Waals surface area contributed by atoms with Gasteiger partial charge >= 0.3 is 0 Å². The van der Waals surface area contributed by atoms with Crippen LogP contribution in [0.15, 0.2) is 65.4 Å². The van der Waals surface area contributed by atoms with Gasteiger partial charge in [-0.2, -0.15) is 5.10 Å². The fraction of sp³-hybridized carbons (Fsp3) is 0.136. The summed E-state index contributed by atoms with van der Waals surface area (Å²) in [4.78, 5) is 17.5. The molecule has 1 atom stereocenters. The normalized spacial score (nSPS) is 16.4. The van der Waals surface area contributed by atoms with E-state index in [0.717, 1.165) is 32.5 Å². The maximum absolute atomic E-state index is 13.2. The third kappa shape index (κ3) is 2.94. The maximum atomic E-state index is 13.2. The van der Waals surface area contributed by atoms with Crippen molar-refractivity contribution in [3.05, 3.63) is 88.0 Å². The Morgan fingerprint density at radius 2 is 1.75 bits per heavy atom. The highest BCUT2D eigenvalue weighted by molar-refractivity contribution is 9.10. The number of benzene rings is 2. The number of fused-ring (bicyclic) bond motifs is 2. The minimum absolute atomic E-state index is 0.00889. The van der Waals surface area contributed by atoms with Gasteiger partial charge in [-0.15, -0.1) is 0 Å². The highest BCUT2D eigenvalue weighted by Gasteiger charge is 2.28. The van der Waals surface area contributed by atoms with Crippen LogP contribution in [0.5, 0.6) is 0 Å². The van der Waals surface area contributed by atoms with E-state index in [-0.39, 0.29) is 17.5 Å². The Kier molecular flexibility index (Phi) is 4.09. The molecule has 4 aromatic rings. The molecule has 1 aliphatic carbocycles. The van der Waals surface area contributed by atoms with Gasteiger partial charge in [-0.05, 0) is 47.7 Å². The first-order chi connectivity index (χ1) is 13.6. The number of aromatic nitrogens is 3. The predicted octanol–water partition coefficient (Wildman–Crippen LogP) is 5.21. The molecular formula is C22H15BrFN3O. The van der Waals surface area contributed by atoms with E-state index in [2.05, 4.69) is 21.0 Å². The second kappa shape index (κ2) is 6.63. The zero-order chi connectivity index (χ0) is 19.3. The van der Waals surface area contributed by atoms with Gasteiger partial charge in [-0.25, -0.2) is 13.9 Å². The predicted molar refractivity (Wildman–Crippen MR) is 108 cm³/mol. The van der Waals surface area contributed by atoms with Crippen LogP contribution in [-0.2, 0) is 6.42 Å². The van der Waals surface area contributed by atoms with E-state index in [1.54, 1.807) is 29.0 Å². The van der Waals surface area contributed by atoms with Crippen LogP contribution in [0.3, 0.4) is 0 Å². The van der Waals surface area contributed by atoms with E-state index in [9.17, 15) is 9.18 Å². The Morgan fingerprint density at radius 1 is 1.00 bits per heavy atom. The molecule has 2 heterocycles. The van der Waals surface area contributed by atoms with Crippen molar-refractivity contribution >= 4 is 27.4 Å². The fourth-order valence-corrected chi connectivity index (χ4v) is 4.04. The molecule has 2 aromatic carbocycles. The molecule has 1 aliphatic rings. The molecule has 1 unspecified atom stereocenters. The van der Waals surface area contributed by atoms with Crippen molar-refractivity contribution in [2.75, 3.05) is 0 Å². The van der Waals surface area contributed by atoms with E-state index in [0.29, 0.717) is 18.4 Å². The molecule has 0 aliphatic heterocycles. The SMILES string of the molecule is O=C1CC(c2ccc(F)cc2)Cc2nc3c(-c4ccc(Br)cc4)cnn3cc21. The van der Waals surface area contributed by atoms with E-state index in [4.69, 9.17) is 4.98 Å². The second-order valence-corrected chi connectivity index (χ2v) is 7.93. The van der Waals surface area contributed by atoms with E-state index in [1.165, 1.54) is 12.1 Å². The van der Waals surface area contributed by atoms with Gasteiger partial charge < -0.3 is 0 Å². The molecule has 5 rings (SSSR count). The number of hydrogen-bond acceptors (Lipinski definition) is 3. The number of Topliss-reactive ketones (excluding diaryl/α,β-unsaturated/α-hetero) is 1. The lowest BCUT2D eigenvalue weighted by Crippen LogP contribution is -2.21. The molecule has 0 bridgehead atoms. The van der Waals surface area contributed by atoms with Gasteiger partial charge in [0.15, 0.2) is 11.4 Å². The lowest BCUT2D eigenvalue weighted by Gasteiger charge is -2.23. The Labute approximate surface area is 169 Å². The van der Waals surface area contributed by atoms with Crippen molar-refractivity contribution in [3.63, 3.8) is 0 Å². The summed E-state index contributed by atoms with van der Waals surface area (Å²) >= 11 is 3.45. The molecule has 138 valence electrons. The smallest absolute Gasteiger partial charge is 0.166 e. The zero-order valence-corrected chi connectivity index (χ0v) is 16.4. The number of carbonyl (C=O) groups excluding carboxylic acids is 1. The van der Waals surface area contributed by atoms with Gasteiger partial charge in [-0.3, -0.25) is 4.79 Å². The molecule has 6 heteroatoms. The fourth-order valence-electron chi connectivity index (χ4n) is 3.78. The molecule has 0 radical (unpaired) electrons. The van der Waals surface area contributed by atoms with Gasteiger partial charge in [-0.1, -0.05) is 40.2 Å². The topological polar surface area (TPSA) is 47.3 Å². The standard InChI is InChI=1S/C22H15BrFN3O/c23-16-5-1-14(2-6-16)18-11-25-27-12-19-20(26-22(18)27)9-15(10-21(19)28)13-3-7-17(24)8-4-13/h1-8,11-12,15H,9-10H2. The van der Waals surface area contributed by atoms with Crippen molar-refractivity contribution in [1.29, 1.82) is 0 Å². The van der Waals surface area contributed by atoms with Gasteiger partial charge in [0.05, 0.1) is 17.5 Å². The highest BCUT2D eigenvalue weighted by atomic mass is 79.9. The first-order valence-electron chi connectivity index (χ1n) is 9.00. The van der Waals surface area contributed by atoms with Gasteiger partial charge in [0.1, 0.15) is 5.82 Å². The van der Waals surface area contributed by atoms with Gasteiger partial charge in [0.2, 0.25) is 0 Å². The summed E-state index contributed by atoms with van der Waals surface area (Å²) in [5.74, 6) is -0.218. The number of carbonyl (C=O) groups is 1. The Morgan fingerprint density at radius 3 is 2.50 bits per heavy atom. The summed E-state index contributed by atoms with van der Waals surface area (Å²) in [5, 5.41) is 4.40. The minimum Gasteiger partial charge on any atom is -0.294 e. The molecular weight excluding hydrogens is 421 g/mol. The Hall–Kier alpha value is -2.86. The van der Waals surface area contributed by atoms with Crippen molar-refractivity contribution in [2.45, 2.75) is 18.8 Å². The largest absolute Gasteiger partial charge is 0.294 e. The van der Waals surface area contributed by atoms with Crippen LogP contribution in [0.25, 0.3) is 16.8 Å². The van der Waals surface area contributed by atoms with Crippen LogP contribution in [0.1, 0.15) is 34.0 Å². The van der Waals surface area contributed by atoms with Crippen LogP contribution in [0.4, 0.5) is 4.39 Å². The summed E-state index contributed by atoms with van der Waals surface area (Å²) in [6, 6.07) is 14.4. The zero-order valence-electron chi connectivity index (χ0n) is 14.8. The third-order valence-electron chi connectivity index (χ3n) is 5.24. The number of ketones is 1. The molecule has 4 nitrogen and oxygen atoms in total. The third-order valence-corrected chi connectivity index (χ3v) is 5.77. The second-order valence-electron chi connectivity index (χ2n) is 7.01. The average Bonchev–Trinajstić information content (AvgIpc) is 3.10. The molecule has 0 amide bonds. The number of nitrogens with zero attached hydrogens (tertiary/aromatic N) is 3. The molecule has 0 saturated carbocycles. The number of rotatable bonds is 2. The summed E-state index contributed by atoms with van der Waals surface area (Å²) in [7, 11) is 0. The highest BCUT2D eigenvalue weighted by Crippen LogP contribution is 2.33. The monoisotopic (exact) mass is 435 g/mol. The van der Waals surface area contributed by atoms with Crippen LogP contribution < -0.4 is 0 Å². The van der Waals surface area contributed by atoms with Crippen LogP contribution in [-0.4, -0.2) is 20.4 Å². The summed E-state index contributed by atoms with van der Waals surface area (Å²) in [5.41, 5.74) is 5.03. The van der Waals surface area contributed by atoms with E-state index in [1.807, 2.05) is 24.3 Å². The molecule has 0 saturated heterocycles. The number of hydrogen-bond donors (Lipinski definition) is 0. The Bertz CT molecular complexity index is 1200. The lowest BCUT2D eigenvalue weighted by atomic mass is 9.82. The van der Waals surface area contributed by atoms with E-state index >= 15 is 0 Å². The summed E-state index contributed by atoms with van der Waals surface area (Å²) in [6.07, 6.45) is 4.60. The molecule has 0 fully saturated rings. The summed E-state index contributed by atoms with van der Waals surface area (Å²) < 4.78 is 15.9. The van der Waals surface area contributed by atoms with Crippen LogP contribution >= 0.6 is 15.9 Å². The molecule has 0 N–H and O–H groups in total. The minimum atomic E-state index is -0.274. The molecule has 0 spiro atoms. The Balaban J connectivity index is 1.58. The molecule has 28 heavy (non-hydrogen) atoms. The first kappa shape index (κ1) is 17.3. The van der Waals surface area contributed by atoms with Crippen molar-refractivity contribution in [2.24, 2.45) is 0 Å². The maximum Gasteiger partial charge on any atom is 0.166 e. The number of halogens is 2.